The van der Waals surface area contributed by atoms with E-state index in [0.29, 0.717) is 11.7 Å². The highest BCUT2D eigenvalue weighted by atomic mass is 32.2. The molecule has 54 valence electrons. The topological polar surface area (TPSA) is 34.1 Å². The van der Waals surface area contributed by atoms with Gasteiger partial charge in [0.2, 0.25) is 0 Å². The first kappa shape index (κ1) is 7.06. The summed E-state index contributed by atoms with van der Waals surface area (Å²) in [6.07, 6.45) is 0.851. The molecular weight excluding hydrogens is 136 g/mol. The summed E-state index contributed by atoms with van der Waals surface area (Å²) in [5.74, 6) is 0.769. The van der Waals surface area contributed by atoms with Gasteiger partial charge in [-0.3, -0.25) is 0 Å². The van der Waals surface area contributed by atoms with Crippen LogP contribution < -0.4 is 0 Å². The van der Waals surface area contributed by atoms with Crippen LogP contribution in [0.3, 0.4) is 0 Å². The molecule has 0 aromatic rings. The van der Waals surface area contributed by atoms with Crippen LogP contribution in [0.4, 0.5) is 0 Å². The Kier molecular flexibility index (Phi) is 1.55. The molecule has 2 unspecified atom stereocenters. The molecule has 2 nitrogen and oxygen atoms in total. The predicted molar refractivity (Wildman–Crippen MR) is 37.0 cm³/mol. The normalized spacial score (nSPS) is 41.1. The zero-order valence-corrected chi connectivity index (χ0v) is 6.61. The molecule has 0 bridgehead atoms. The van der Waals surface area contributed by atoms with Crippen LogP contribution in [-0.4, -0.2) is 19.4 Å². The number of rotatable bonds is 0. The van der Waals surface area contributed by atoms with Gasteiger partial charge in [-0.05, 0) is 19.3 Å². The lowest BCUT2D eigenvalue weighted by molar-refractivity contribution is 0.560. The highest BCUT2D eigenvalue weighted by molar-refractivity contribution is 7.92. The van der Waals surface area contributed by atoms with Crippen molar-refractivity contribution in [3.05, 3.63) is 0 Å². The van der Waals surface area contributed by atoms with Crippen molar-refractivity contribution < 1.29 is 8.42 Å². The minimum atomic E-state index is -2.67. The van der Waals surface area contributed by atoms with Crippen molar-refractivity contribution in [3.8, 4) is 0 Å². The van der Waals surface area contributed by atoms with Crippen LogP contribution in [0.15, 0.2) is 0 Å². The molecule has 3 heteroatoms. The summed E-state index contributed by atoms with van der Waals surface area (Å²) in [7, 11) is -2.67. The zero-order chi connectivity index (χ0) is 7.07. The van der Waals surface area contributed by atoms with Crippen LogP contribution in [0.25, 0.3) is 0 Å². The predicted octanol–water partition coefficient (Wildman–Crippen LogP) is 0.830. The van der Waals surface area contributed by atoms with E-state index in [1.165, 1.54) is 0 Å². The molecule has 1 fully saturated rings. The summed E-state index contributed by atoms with van der Waals surface area (Å²) >= 11 is 0. The van der Waals surface area contributed by atoms with Crippen molar-refractivity contribution in [1.82, 2.24) is 0 Å². The van der Waals surface area contributed by atoms with E-state index in [2.05, 4.69) is 0 Å². The third-order valence-corrected chi connectivity index (χ3v) is 4.63. The number of sulfone groups is 1. The van der Waals surface area contributed by atoms with Crippen molar-refractivity contribution in [2.24, 2.45) is 5.92 Å². The molecule has 9 heavy (non-hydrogen) atoms. The van der Waals surface area contributed by atoms with Crippen LogP contribution in [0, 0.1) is 5.92 Å². The summed E-state index contributed by atoms with van der Waals surface area (Å²) in [6.45, 7) is 3.79. The van der Waals surface area contributed by atoms with Gasteiger partial charge in [-0.1, -0.05) is 6.92 Å². The van der Waals surface area contributed by atoms with Crippen LogP contribution in [-0.2, 0) is 9.84 Å². The maximum atomic E-state index is 11.0. The van der Waals surface area contributed by atoms with Gasteiger partial charge in [0.25, 0.3) is 0 Å². The third-order valence-electron chi connectivity index (χ3n) is 2.23. The van der Waals surface area contributed by atoms with Gasteiger partial charge in [-0.2, -0.15) is 0 Å². The second kappa shape index (κ2) is 1.97. The van der Waals surface area contributed by atoms with Crippen molar-refractivity contribution in [3.63, 3.8) is 0 Å². The van der Waals surface area contributed by atoms with Crippen LogP contribution in [0.2, 0.25) is 0 Å². The Balaban J connectivity index is 2.87. The molecule has 0 aromatic carbocycles. The molecule has 1 heterocycles. The highest BCUT2D eigenvalue weighted by Gasteiger charge is 2.33. The van der Waals surface area contributed by atoms with E-state index in [9.17, 15) is 8.42 Å². The fourth-order valence-electron chi connectivity index (χ4n) is 1.12. The lowest BCUT2D eigenvalue weighted by Gasteiger charge is -2.05. The van der Waals surface area contributed by atoms with Gasteiger partial charge in [0.15, 0.2) is 9.84 Å². The lowest BCUT2D eigenvalue weighted by atomic mass is 10.1. The van der Waals surface area contributed by atoms with E-state index in [4.69, 9.17) is 0 Å². The monoisotopic (exact) mass is 148 g/mol. The Morgan fingerprint density at radius 1 is 1.33 bits per heavy atom. The molecule has 0 amide bonds. The van der Waals surface area contributed by atoms with E-state index in [0.717, 1.165) is 6.42 Å². The minimum absolute atomic E-state index is 0.0995. The maximum absolute atomic E-state index is 11.0. The van der Waals surface area contributed by atoms with Crippen molar-refractivity contribution in [1.29, 1.82) is 0 Å². The summed E-state index contributed by atoms with van der Waals surface area (Å²) in [4.78, 5) is 0. The molecule has 1 aliphatic rings. The maximum Gasteiger partial charge on any atom is 0.153 e. The smallest absolute Gasteiger partial charge is 0.153 e. The van der Waals surface area contributed by atoms with E-state index in [1.807, 2.05) is 6.92 Å². The molecule has 0 N–H and O–H groups in total. The second-order valence-electron chi connectivity index (χ2n) is 2.84. The molecule has 0 spiro atoms. The van der Waals surface area contributed by atoms with E-state index in [1.54, 1.807) is 6.92 Å². The average molecular weight is 148 g/mol. The Morgan fingerprint density at radius 2 is 1.89 bits per heavy atom. The SMILES string of the molecule is CC1CCS(=O)(=O)C1C. The van der Waals surface area contributed by atoms with Crippen LogP contribution in [0.1, 0.15) is 20.3 Å². The van der Waals surface area contributed by atoms with Gasteiger partial charge in [0.1, 0.15) is 0 Å². The fraction of sp³-hybridized carbons (Fsp3) is 1.00. The Bertz CT molecular complexity index is 193. The van der Waals surface area contributed by atoms with Crippen LogP contribution >= 0.6 is 0 Å². The first-order valence-electron chi connectivity index (χ1n) is 3.25. The molecule has 1 saturated heterocycles. The van der Waals surface area contributed by atoms with Gasteiger partial charge in [0.05, 0.1) is 11.0 Å². The summed E-state index contributed by atoms with van der Waals surface area (Å²) in [5.41, 5.74) is 0. The minimum Gasteiger partial charge on any atom is -0.229 e. The quantitative estimate of drug-likeness (QED) is 0.510. The summed E-state index contributed by atoms with van der Waals surface area (Å²) < 4.78 is 21.9. The number of hydrogen-bond acceptors (Lipinski definition) is 2. The van der Waals surface area contributed by atoms with E-state index >= 15 is 0 Å². The largest absolute Gasteiger partial charge is 0.229 e. The van der Waals surface area contributed by atoms with Crippen LogP contribution in [0.5, 0.6) is 0 Å². The summed E-state index contributed by atoms with van der Waals surface area (Å²) in [6, 6.07) is 0. The van der Waals surface area contributed by atoms with Gasteiger partial charge in [0, 0.05) is 0 Å². The van der Waals surface area contributed by atoms with Gasteiger partial charge >= 0.3 is 0 Å². The molecule has 2 atom stereocenters. The van der Waals surface area contributed by atoms with Crippen molar-refractivity contribution in [2.75, 3.05) is 5.75 Å². The zero-order valence-electron chi connectivity index (χ0n) is 5.79. The number of hydrogen-bond donors (Lipinski definition) is 0. The first-order chi connectivity index (χ1) is 4.04. The molecule has 0 aromatic heterocycles. The second-order valence-corrected chi connectivity index (χ2v) is 5.32. The Morgan fingerprint density at radius 3 is 2.00 bits per heavy atom. The standard InChI is InChI=1S/C6H12O2S/c1-5-3-4-9(7,8)6(5)2/h5-6H,3-4H2,1-2H3. The first-order valence-corrected chi connectivity index (χ1v) is 4.97. The molecule has 0 saturated carbocycles. The Labute approximate surface area is 56.2 Å². The molecular formula is C6H12O2S. The molecule has 1 aliphatic heterocycles. The summed E-state index contributed by atoms with van der Waals surface area (Å²) in [5, 5.41) is -0.0995. The molecule has 1 rings (SSSR count). The molecule has 0 radical (unpaired) electrons. The van der Waals surface area contributed by atoms with E-state index < -0.39 is 9.84 Å². The average Bonchev–Trinajstić information content (AvgIpc) is 1.97. The fourth-order valence-corrected chi connectivity index (χ4v) is 3.04. The van der Waals surface area contributed by atoms with Gasteiger partial charge in [-0.15, -0.1) is 0 Å². The van der Waals surface area contributed by atoms with Gasteiger partial charge in [-0.25, -0.2) is 8.42 Å². The highest BCUT2D eigenvalue weighted by Crippen LogP contribution is 2.25. The van der Waals surface area contributed by atoms with Crippen molar-refractivity contribution in [2.45, 2.75) is 25.5 Å². The van der Waals surface area contributed by atoms with Crippen molar-refractivity contribution >= 4 is 9.84 Å². The lowest BCUT2D eigenvalue weighted by Crippen LogP contribution is -2.15. The van der Waals surface area contributed by atoms with Gasteiger partial charge < -0.3 is 0 Å². The van der Waals surface area contributed by atoms with E-state index in [-0.39, 0.29) is 5.25 Å². The molecule has 0 aliphatic carbocycles. The Hall–Kier alpha value is -0.0500. The third kappa shape index (κ3) is 1.11.